The number of nitrogens with two attached hydrogens (primary N) is 2. The Bertz CT molecular complexity index is 958. The molecule has 0 aliphatic carbocycles. The van der Waals surface area contributed by atoms with Crippen molar-refractivity contribution in [2.45, 2.75) is 6.42 Å². The third kappa shape index (κ3) is 10.5. The van der Waals surface area contributed by atoms with Crippen molar-refractivity contribution in [1.82, 2.24) is 5.32 Å². The predicted molar refractivity (Wildman–Crippen MR) is 109 cm³/mol. The summed E-state index contributed by atoms with van der Waals surface area (Å²) in [5.41, 5.74) is 12.3. The largest absolute Gasteiger partial charge is 0.423 e. The van der Waals surface area contributed by atoms with Gasteiger partial charge in [0.05, 0.1) is 23.9 Å². The molecule has 0 aliphatic rings. The van der Waals surface area contributed by atoms with E-state index in [1.54, 1.807) is 55.6 Å². The lowest BCUT2D eigenvalue weighted by atomic mass is 10.1. The van der Waals surface area contributed by atoms with E-state index in [0.717, 1.165) is 5.56 Å². The van der Waals surface area contributed by atoms with Crippen LogP contribution in [0.3, 0.4) is 0 Å². The van der Waals surface area contributed by atoms with Crippen LogP contribution in [0.4, 0.5) is 5.69 Å². The van der Waals surface area contributed by atoms with Crippen LogP contribution in [0.5, 0.6) is 5.75 Å². The SMILES string of the molecule is CNC(=O)Cc1ccc(OC(=O)c2ccc(N=C(N)N)cc2)cc1.CS(=O)(=O)O. The molecule has 0 heterocycles. The number of guanidine groups is 1. The van der Waals surface area contributed by atoms with Crippen molar-refractivity contribution < 1.29 is 27.3 Å². The fourth-order valence-corrected chi connectivity index (χ4v) is 1.94. The van der Waals surface area contributed by atoms with E-state index in [2.05, 4.69) is 10.3 Å². The molecule has 0 radical (unpaired) electrons. The highest BCUT2D eigenvalue weighted by Crippen LogP contribution is 2.17. The van der Waals surface area contributed by atoms with Crippen molar-refractivity contribution in [2.24, 2.45) is 16.5 Å². The Balaban J connectivity index is 0.000000749. The molecule has 0 unspecified atom stereocenters. The quantitative estimate of drug-likeness (QED) is 0.178. The first-order valence-corrected chi connectivity index (χ1v) is 9.96. The summed E-state index contributed by atoms with van der Waals surface area (Å²) in [6.07, 6.45) is 0.990. The number of hydrogen-bond donors (Lipinski definition) is 4. The molecule has 2 rings (SSSR count). The molecule has 0 aromatic heterocycles. The average molecular weight is 422 g/mol. The van der Waals surface area contributed by atoms with Gasteiger partial charge in [-0.25, -0.2) is 9.79 Å². The molecule has 1 amide bonds. The summed E-state index contributed by atoms with van der Waals surface area (Å²) in [5.74, 6) is -0.234. The van der Waals surface area contributed by atoms with Crippen molar-refractivity contribution in [2.75, 3.05) is 13.3 Å². The molecule has 0 aliphatic heterocycles. The van der Waals surface area contributed by atoms with Gasteiger partial charge in [-0.3, -0.25) is 9.35 Å². The van der Waals surface area contributed by atoms with E-state index < -0.39 is 16.1 Å². The zero-order valence-electron chi connectivity index (χ0n) is 15.8. The van der Waals surface area contributed by atoms with Crippen molar-refractivity contribution in [3.05, 3.63) is 59.7 Å². The summed E-state index contributed by atoms with van der Waals surface area (Å²) in [5, 5.41) is 2.55. The van der Waals surface area contributed by atoms with Gasteiger partial charge in [0.1, 0.15) is 5.75 Å². The van der Waals surface area contributed by atoms with Crippen molar-refractivity contribution >= 4 is 33.6 Å². The van der Waals surface area contributed by atoms with Crippen LogP contribution in [-0.4, -0.2) is 44.1 Å². The highest BCUT2D eigenvalue weighted by molar-refractivity contribution is 7.85. The molecule has 29 heavy (non-hydrogen) atoms. The van der Waals surface area contributed by atoms with E-state index in [9.17, 15) is 18.0 Å². The summed E-state index contributed by atoms with van der Waals surface area (Å²) >= 11 is 0. The molecule has 10 nitrogen and oxygen atoms in total. The smallest absolute Gasteiger partial charge is 0.343 e. The lowest BCUT2D eigenvalue weighted by Gasteiger charge is -2.06. The first-order chi connectivity index (χ1) is 13.5. The van der Waals surface area contributed by atoms with Gasteiger partial charge in [-0.2, -0.15) is 8.42 Å². The Morgan fingerprint density at radius 3 is 2.03 bits per heavy atom. The summed E-state index contributed by atoms with van der Waals surface area (Å²) in [6.45, 7) is 0. The second kappa shape index (κ2) is 10.8. The number of ether oxygens (including phenoxy) is 1. The van der Waals surface area contributed by atoms with Crippen LogP contribution in [-0.2, 0) is 21.3 Å². The molecule has 0 fully saturated rings. The molecule has 2 aromatic rings. The Hall–Kier alpha value is -3.44. The van der Waals surface area contributed by atoms with E-state index in [-0.39, 0.29) is 18.3 Å². The Morgan fingerprint density at radius 2 is 1.59 bits per heavy atom. The number of hydrogen-bond acceptors (Lipinski definition) is 6. The second-order valence-corrected chi connectivity index (χ2v) is 7.17. The summed E-state index contributed by atoms with van der Waals surface area (Å²) in [6, 6.07) is 13.1. The van der Waals surface area contributed by atoms with Crippen LogP contribution in [0.2, 0.25) is 0 Å². The normalized spacial score (nSPS) is 10.2. The number of carbonyl (C=O) groups is 2. The second-order valence-electron chi connectivity index (χ2n) is 5.70. The van der Waals surface area contributed by atoms with Crippen LogP contribution >= 0.6 is 0 Å². The van der Waals surface area contributed by atoms with Gasteiger partial charge in [0.25, 0.3) is 10.1 Å². The molecule has 2 aromatic carbocycles. The van der Waals surface area contributed by atoms with Crippen LogP contribution in [0.25, 0.3) is 0 Å². The van der Waals surface area contributed by atoms with Gasteiger partial charge in [0, 0.05) is 7.05 Å². The maximum absolute atomic E-state index is 12.1. The first kappa shape index (κ1) is 23.6. The molecule has 11 heteroatoms. The zero-order chi connectivity index (χ0) is 22.0. The number of nitrogens with zero attached hydrogens (tertiary/aromatic N) is 1. The number of benzene rings is 2. The first-order valence-electron chi connectivity index (χ1n) is 8.12. The van der Waals surface area contributed by atoms with Crippen LogP contribution < -0.4 is 21.5 Å². The minimum atomic E-state index is -3.67. The van der Waals surface area contributed by atoms with Crippen LogP contribution in [0.1, 0.15) is 15.9 Å². The van der Waals surface area contributed by atoms with Crippen LogP contribution in [0.15, 0.2) is 53.5 Å². The number of nitrogens with one attached hydrogen (secondary N) is 1. The van der Waals surface area contributed by atoms with E-state index >= 15 is 0 Å². The minimum absolute atomic E-state index is 0.0535. The van der Waals surface area contributed by atoms with Crippen LogP contribution in [0, 0.1) is 0 Å². The summed E-state index contributed by atoms with van der Waals surface area (Å²) in [7, 11) is -2.09. The third-order valence-electron chi connectivity index (χ3n) is 3.14. The van der Waals surface area contributed by atoms with Gasteiger partial charge >= 0.3 is 5.97 Å². The molecule has 0 atom stereocenters. The Kier molecular flexibility index (Phi) is 8.77. The van der Waals surface area contributed by atoms with Gasteiger partial charge in [0.15, 0.2) is 5.96 Å². The number of aliphatic imine (C=N–C) groups is 1. The maximum atomic E-state index is 12.1. The molecular weight excluding hydrogens is 400 g/mol. The van der Waals surface area contributed by atoms with Gasteiger partial charge in [-0.05, 0) is 42.0 Å². The molecule has 0 bridgehead atoms. The third-order valence-corrected chi connectivity index (χ3v) is 3.14. The number of likely N-dealkylation sites (N-methyl/N-ethyl adjacent to an activating group) is 1. The van der Waals surface area contributed by atoms with E-state index in [1.165, 1.54) is 0 Å². The lowest BCUT2D eigenvalue weighted by molar-refractivity contribution is -0.119. The van der Waals surface area contributed by atoms with Crippen molar-refractivity contribution in [3.8, 4) is 5.75 Å². The van der Waals surface area contributed by atoms with Gasteiger partial charge in [-0.1, -0.05) is 12.1 Å². The highest BCUT2D eigenvalue weighted by Gasteiger charge is 2.09. The van der Waals surface area contributed by atoms with E-state index in [0.29, 0.717) is 23.3 Å². The number of carbonyl (C=O) groups excluding carboxylic acids is 2. The molecular formula is C18H22N4O6S. The molecule has 6 N–H and O–H groups in total. The van der Waals surface area contributed by atoms with Crippen molar-refractivity contribution in [3.63, 3.8) is 0 Å². The van der Waals surface area contributed by atoms with Gasteiger partial charge < -0.3 is 21.5 Å². The standard InChI is InChI=1S/C17H18N4O3.CH4O3S/c1-20-15(22)10-11-2-8-14(9-3-11)24-16(23)12-4-6-13(7-5-12)21-17(18)19;1-5(2,3)4/h2-9H,10H2,1H3,(H,20,22)(H4,18,19,21);1H3,(H,2,3,4). The average Bonchev–Trinajstić information content (AvgIpc) is 2.62. The highest BCUT2D eigenvalue weighted by atomic mass is 32.2. The predicted octanol–water partition coefficient (Wildman–Crippen LogP) is 0.603. The lowest BCUT2D eigenvalue weighted by Crippen LogP contribution is -2.21. The number of esters is 1. The Labute approximate surface area is 168 Å². The summed E-state index contributed by atoms with van der Waals surface area (Å²) in [4.78, 5) is 27.3. The monoisotopic (exact) mass is 422 g/mol. The Morgan fingerprint density at radius 1 is 1.07 bits per heavy atom. The summed E-state index contributed by atoms with van der Waals surface area (Å²) < 4.78 is 31.2. The minimum Gasteiger partial charge on any atom is -0.423 e. The topological polar surface area (TPSA) is 174 Å². The molecule has 156 valence electrons. The van der Waals surface area contributed by atoms with Crippen molar-refractivity contribution in [1.29, 1.82) is 0 Å². The van der Waals surface area contributed by atoms with Gasteiger partial charge in [0.2, 0.25) is 5.91 Å². The van der Waals surface area contributed by atoms with E-state index in [4.69, 9.17) is 20.8 Å². The maximum Gasteiger partial charge on any atom is 0.343 e. The molecule has 0 saturated carbocycles. The molecule has 0 spiro atoms. The van der Waals surface area contributed by atoms with E-state index in [1.807, 2.05) is 0 Å². The molecule has 0 saturated heterocycles. The fourth-order valence-electron chi connectivity index (χ4n) is 1.94. The number of amides is 1. The zero-order valence-corrected chi connectivity index (χ0v) is 16.6. The number of rotatable bonds is 5. The van der Waals surface area contributed by atoms with Gasteiger partial charge in [-0.15, -0.1) is 0 Å². The fraction of sp³-hybridized carbons (Fsp3) is 0.167.